The Morgan fingerprint density at radius 2 is 2.40 bits per heavy atom. The van der Waals surface area contributed by atoms with E-state index in [-0.39, 0.29) is 24.3 Å². The number of hydrogen-bond acceptors (Lipinski definition) is 4. The second-order valence-corrected chi connectivity index (χ2v) is 3.87. The number of likely N-dealkylation sites (tertiary alicyclic amines) is 1. The maximum absolute atomic E-state index is 11.8. The average Bonchev–Trinajstić information content (AvgIpc) is 2.74. The number of rotatable bonds is 3. The molecule has 0 aliphatic carbocycles. The topological polar surface area (TPSA) is 99.2 Å². The van der Waals surface area contributed by atoms with Gasteiger partial charge in [-0.3, -0.25) is 4.79 Å². The molecule has 1 fully saturated rings. The van der Waals surface area contributed by atoms with Gasteiger partial charge in [-0.05, 0) is 13.3 Å². The van der Waals surface area contributed by atoms with Crippen LogP contribution in [-0.2, 0) is 4.79 Å². The van der Waals surface area contributed by atoms with Gasteiger partial charge in [0.15, 0.2) is 5.84 Å². The van der Waals surface area contributed by atoms with E-state index >= 15 is 0 Å². The van der Waals surface area contributed by atoms with Crippen LogP contribution in [0.1, 0.15) is 13.3 Å². The molecular weight excluding hydrogens is 198 g/mol. The summed E-state index contributed by atoms with van der Waals surface area (Å²) < 4.78 is 0. The smallest absolute Gasteiger partial charge is 0.233 e. The quantitative estimate of drug-likeness (QED) is 0.248. The summed E-state index contributed by atoms with van der Waals surface area (Å²) in [6, 6.07) is 0. The minimum atomic E-state index is -0.604. The van der Waals surface area contributed by atoms with Gasteiger partial charge in [0.05, 0.1) is 5.92 Å². The molecule has 0 spiro atoms. The number of nitrogens with two attached hydrogens (primary N) is 1. The van der Waals surface area contributed by atoms with Gasteiger partial charge in [-0.1, -0.05) is 5.16 Å². The second-order valence-electron chi connectivity index (χ2n) is 3.87. The molecule has 0 radical (unpaired) electrons. The van der Waals surface area contributed by atoms with E-state index in [1.54, 1.807) is 11.8 Å². The molecule has 2 unspecified atom stereocenters. The highest BCUT2D eigenvalue weighted by Gasteiger charge is 2.30. The Kier molecular flexibility index (Phi) is 3.90. The van der Waals surface area contributed by atoms with Gasteiger partial charge in [0.1, 0.15) is 0 Å². The Hall–Kier alpha value is -1.30. The zero-order valence-corrected chi connectivity index (χ0v) is 8.76. The molecule has 1 rings (SSSR count). The van der Waals surface area contributed by atoms with Crippen LogP contribution in [0.3, 0.4) is 0 Å². The summed E-state index contributed by atoms with van der Waals surface area (Å²) in [5, 5.41) is 20.2. The maximum atomic E-state index is 11.8. The molecule has 1 aliphatic rings. The van der Waals surface area contributed by atoms with E-state index in [0.29, 0.717) is 13.1 Å². The molecule has 0 saturated carbocycles. The van der Waals surface area contributed by atoms with E-state index in [9.17, 15) is 4.79 Å². The summed E-state index contributed by atoms with van der Waals surface area (Å²) >= 11 is 0. The molecule has 6 nitrogen and oxygen atoms in total. The number of amidine groups is 1. The van der Waals surface area contributed by atoms with Gasteiger partial charge in [-0.2, -0.15) is 0 Å². The molecule has 1 saturated heterocycles. The fourth-order valence-corrected chi connectivity index (χ4v) is 1.67. The molecule has 1 amide bonds. The number of aliphatic hydroxyl groups is 1. The lowest BCUT2D eigenvalue weighted by Gasteiger charge is -2.19. The number of aliphatic hydroxyl groups excluding tert-OH is 1. The van der Waals surface area contributed by atoms with E-state index in [4.69, 9.17) is 16.0 Å². The van der Waals surface area contributed by atoms with Crippen molar-refractivity contribution in [2.75, 3.05) is 19.7 Å². The lowest BCUT2D eigenvalue weighted by molar-refractivity contribution is -0.132. The normalized spacial score (nSPS) is 24.3. The average molecular weight is 215 g/mol. The highest BCUT2D eigenvalue weighted by molar-refractivity contribution is 6.01. The van der Waals surface area contributed by atoms with E-state index < -0.39 is 5.92 Å². The van der Waals surface area contributed by atoms with Crippen LogP contribution in [0.4, 0.5) is 0 Å². The van der Waals surface area contributed by atoms with Gasteiger partial charge in [0, 0.05) is 25.6 Å². The molecule has 4 N–H and O–H groups in total. The van der Waals surface area contributed by atoms with Gasteiger partial charge < -0.3 is 20.9 Å². The van der Waals surface area contributed by atoms with E-state index in [1.807, 2.05) is 0 Å². The van der Waals surface area contributed by atoms with E-state index in [2.05, 4.69) is 5.16 Å². The first-order chi connectivity index (χ1) is 7.10. The van der Waals surface area contributed by atoms with E-state index in [1.165, 1.54) is 0 Å². The van der Waals surface area contributed by atoms with Gasteiger partial charge in [-0.15, -0.1) is 0 Å². The number of nitrogens with zero attached hydrogens (tertiary/aromatic N) is 2. The minimum Gasteiger partial charge on any atom is -0.409 e. The first-order valence-electron chi connectivity index (χ1n) is 4.97. The zero-order valence-electron chi connectivity index (χ0n) is 8.76. The number of amides is 1. The third-order valence-corrected chi connectivity index (χ3v) is 2.79. The van der Waals surface area contributed by atoms with Gasteiger partial charge in [0.2, 0.25) is 5.91 Å². The summed E-state index contributed by atoms with van der Waals surface area (Å²) in [6.45, 7) is 2.89. The molecule has 86 valence electrons. The second kappa shape index (κ2) is 4.97. The summed E-state index contributed by atoms with van der Waals surface area (Å²) in [5.41, 5.74) is 5.36. The fraction of sp³-hybridized carbons (Fsp3) is 0.778. The Labute approximate surface area is 88.4 Å². The zero-order chi connectivity index (χ0) is 11.4. The Morgan fingerprint density at radius 1 is 1.73 bits per heavy atom. The summed E-state index contributed by atoms with van der Waals surface area (Å²) in [6.07, 6.45) is 0.811. The maximum Gasteiger partial charge on any atom is 0.233 e. The van der Waals surface area contributed by atoms with Crippen molar-refractivity contribution in [2.45, 2.75) is 13.3 Å². The SMILES string of the molecule is CC(C(=O)N1CCC(CO)C1)C(N)=NO. The predicted molar refractivity (Wildman–Crippen MR) is 54.3 cm³/mol. The van der Waals surface area contributed by atoms with Crippen molar-refractivity contribution in [1.29, 1.82) is 0 Å². The molecule has 0 aromatic carbocycles. The van der Waals surface area contributed by atoms with Crippen molar-refractivity contribution in [2.24, 2.45) is 22.7 Å². The number of carbonyl (C=O) groups is 1. The van der Waals surface area contributed by atoms with Crippen molar-refractivity contribution in [1.82, 2.24) is 4.90 Å². The van der Waals surface area contributed by atoms with Gasteiger partial charge in [-0.25, -0.2) is 0 Å². The van der Waals surface area contributed by atoms with Crippen molar-refractivity contribution < 1.29 is 15.1 Å². The third kappa shape index (κ3) is 2.59. The monoisotopic (exact) mass is 215 g/mol. The highest BCUT2D eigenvalue weighted by Crippen LogP contribution is 2.17. The Bertz CT molecular complexity index is 267. The van der Waals surface area contributed by atoms with Crippen LogP contribution in [0.2, 0.25) is 0 Å². The minimum absolute atomic E-state index is 0.0764. The number of oxime groups is 1. The van der Waals surface area contributed by atoms with Crippen LogP contribution in [0.15, 0.2) is 5.16 Å². The molecule has 0 bridgehead atoms. The molecular formula is C9H17N3O3. The van der Waals surface area contributed by atoms with Crippen LogP contribution in [-0.4, -0.2) is 46.7 Å². The summed E-state index contributed by atoms with van der Waals surface area (Å²) in [7, 11) is 0. The van der Waals surface area contributed by atoms with Crippen LogP contribution in [0.25, 0.3) is 0 Å². The number of hydrogen-bond donors (Lipinski definition) is 3. The molecule has 0 aromatic heterocycles. The van der Waals surface area contributed by atoms with Crippen molar-refractivity contribution in [3.63, 3.8) is 0 Å². The van der Waals surface area contributed by atoms with Crippen molar-refractivity contribution in [3.8, 4) is 0 Å². The highest BCUT2D eigenvalue weighted by atomic mass is 16.4. The lowest BCUT2D eigenvalue weighted by atomic mass is 10.1. The molecule has 6 heteroatoms. The predicted octanol–water partition coefficient (Wildman–Crippen LogP) is -0.790. The van der Waals surface area contributed by atoms with Crippen molar-refractivity contribution >= 4 is 11.7 Å². The molecule has 0 aromatic rings. The number of carbonyl (C=O) groups excluding carboxylic acids is 1. The largest absolute Gasteiger partial charge is 0.409 e. The molecule has 15 heavy (non-hydrogen) atoms. The van der Waals surface area contributed by atoms with Gasteiger partial charge >= 0.3 is 0 Å². The lowest BCUT2D eigenvalue weighted by Crippen LogP contribution is -2.39. The van der Waals surface area contributed by atoms with Crippen LogP contribution in [0.5, 0.6) is 0 Å². The molecule has 1 heterocycles. The fourth-order valence-electron chi connectivity index (χ4n) is 1.67. The third-order valence-electron chi connectivity index (χ3n) is 2.79. The van der Waals surface area contributed by atoms with Crippen LogP contribution < -0.4 is 5.73 Å². The summed E-state index contributed by atoms with van der Waals surface area (Å²) in [5.74, 6) is -0.672. The van der Waals surface area contributed by atoms with Gasteiger partial charge in [0.25, 0.3) is 0 Å². The first-order valence-corrected chi connectivity index (χ1v) is 4.97. The summed E-state index contributed by atoms with van der Waals surface area (Å²) in [4.78, 5) is 13.4. The molecule has 1 aliphatic heterocycles. The van der Waals surface area contributed by atoms with E-state index in [0.717, 1.165) is 6.42 Å². The first kappa shape index (κ1) is 11.8. The standard InChI is InChI=1S/C9H17N3O3/c1-6(8(10)11-15)9(14)12-3-2-7(4-12)5-13/h6-7,13,15H,2-5H2,1H3,(H2,10,11). The Balaban J connectivity index is 2.55. The van der Waals surface area contributed by atoms with Crippen LogP contribution >= 0.6 is 0 Å². The molecule has 2 atom stereocenters. The van der Waals surface area contributed by atoms with Crippen molar-refractivity contribution in [3.05, 3.63) is 0 Å². The van der Waals surface area contributed by atoms with Crippen LogP contribution in [0, 0.1) is 11.8 Å². The Morgan fingerprint density at radius 3 is 2.87 bits per heavy atom.